The number of para-hydroxylation sites is 1. The van der Waals surface area contributed by atoms with Crippen molar-refractivity contribution < 1.29 is 9.53 Å². The van der Waals surface area contributed by atoms with Crippen LogP contribution in [0.5, 0.6) is 5.75 Å². The first-order valence-corrected chi connectivity index (χ1v) is 9.62. The van der Waals surface area contributed by atoms with Crippen LogP contribution in [0.1, 0.15) is 5.56 Å². The number of hydrogen-bond acceptors (Lipinski definition) is 5. The Balaban J connectivity index is 1.30. The van der Waals surface area contributed by atoms with Gasteiger partial charge < -0.3 is 15.0 Å². The van der Waals surface area contributed by atoms with Crippen LogP contribution in [0, 0.1) is 11.3 Å². The molecule has 0 bridgehead atoms. The molecular weight excluding hydrogens is 352 g/mol. The number of amides is 1. The van der Waals surface area contributed by atoms with Crippen molar-refractivity contribution in [1.29, 1.82) is 5.26 Å². The Morgan fingerprint density at radius 1 is 1.04 bits per heavy atom. The van der Waals surface area contributed by atoms with Gasteiger partial charge in [-0.25, -0.2) is 0 Å². The lowest BCUT2D eigenvalue weighted by Gasteiger charge is -2.36. The summed E-state index contributed by atoms with van der Waals surface area (Å²) in [5.74, 6) is 0.512. The van der Waals surface area contributed by atoms with Crippen molar-refractivity contribution in [3.8, 4) is 11.8 Å². The third kappa shape index (κ3) is 6.00. The quantitative estimate of drug-likeness (QED) is 0.762. The molecule has 1 fully saturated rings. The molecule has 0 unspecified atom stereocenters. The Bertz CT molecular complexity index is 778. The summed E-state index contributed by atoms with van der Waals surface area (Å²) in [4.78, 5) is 16.7. The first kappa shape index (κ1) is 19.7. The summed E-state index contributed by atoms with van der Waals surface area (Å²) in [5, 5.41) is 11.6. The van der Waals surface area contributed by atoms with E-state index in [4.69, 9.17) is 10.00 Å². The number of nitriles is 1. The monoisotopic (exact) mass is 378 g/mol. The number of carbonyl (C=O) groups excluding carboxylic acids is 1. The fourth-order valence-corrected chi connectivity index (χ4v) is 3.22. The molecule has 1 aliphatic heterocycles. The molecule has 6 heteroatoms. The van der Waals surface area contributed by atoms with Crippen LogP contribution < -0.4 is 15.0 Å². The molecule has 1 saturated heterocycles. The first-order valence-electron chi connectivity index (χ1n) is 9.62. The van der Waals surface area contributed by atoms with E-state index in [1.807, 2.05) is 18.2 Å². The molecule has 0 atom stereocenters. The number of benzene rings is 2. The molecule has 0 spiro atoms. The van der Waals surface area contributed by atoms with Crippen LogP contribution in [-0.2, 0) is 11.2 Å². The summed E-state index contributed by atoms with van der Waals surface area (Å²) in [5.41, 5.74) is 2.21. The van der Waals surface area contributed by atoms with Crippen LogP contribution in [0.15, 0.2) is 54.6 Å². The van der Waals surface area contributed by atoms with Crippen molar-refractivity contribution in [2.24, 2.45) is 0 Å². The van der Waals surface area contributed by atoms with E-state index in [0.29, 0.717) is 18.7 Å². The molecule has 1 amide bonds. The molecule has 6 nitrogen and oxygen atoms in total. The van der Waals surface area contributed by atoms with Crippen molar-refractivity contribution in [2.75, 3.05) is 50.8 Å². The predicted molar refractivity (Wildman–Crippen MR) is 109 cm³/mol. The van der Waals surface area contributed by atoms with Gasteiger partial charge >= 0.3 is 0 Å². The van der Waals surface area contributed by atoms with E-state index < -0.39 is 0 Å². The van der Waals surface area contributed by atoms with Crippen molar-refractivity contribution in [3.05, 3.63) is 60.2 Å². The fraction of sp³-hybridized carbons (Fsp3) is 0.364. The summed E-state index contributed by atoms with van der Waals surface area (Å²) < 4.78 is 5.49. The van der Waals surface area contributed by atoms with E-state index in [1.54, 1.807) is 12.1 Å². The number of nitrogens with zero attached hydrogens (tertiary/aromatic N) is 3. The Morgan fingerprint density at radius 2 is 1.75 bits per heavy atom. The summed E-state index contributed by atoms with van der Waals surface area (Å²) in [7, 11) is 0. The molecule has 0 aliphatic carbocycles. The number of anilines is 1. The normalized spacial score (nSPS) is 14.3. The topological polar surface area (TPSA) is 68.6 Å². The highest BCUT2D eigenvalue weighted by molar-refractivity contribution is 5.77. The van der Waals surface area contributed by atoms with Crippen LogP contribution in [-0.4, -0.2) is 56.7 Å². The lowest BCUT2D eigenvalue weighted by atomic mass is 10.2. The van der Waals surface area contributed by atoms with Crippen LogP contribution in [0.3, 0.4) is 0 Å². The summed E-state index contributed by atoms with van der Waals surface area (Å²) in [6.45, 7) is 5.46. The van der Waals surface area contributed by atoms with Gasteiger partial charge in [0.2, 0.25) is 0 Å². The number of hydrogen-bond donors (Lipinski definition) is 1. The highest BCUT2D eigenvalue weighted by Crippen LogP contribution is 2.15. The second-order valence-corrected chi connectivity index (χ2v) is 6.78. The van der Waals surface area contributed by atoms with Gasteiger partial charge in [-0.1, -0.05) is 30.3 Å². The molecule has 2 aromatic carbocycles. The lowest BCUT2D eigenvalue weighted by molar-refractivity contribution is -0.123. The number of piperazine rings is 1. The van der Waals surface area contributed by atoms with Crippen molar-refractivity contribution in [3.63, 3.8) is 0 Å². The van der Waals surface area contributed by atoms with Crippen LogP contribution in [0.2, 0.25) is 0 Å². The molecule has 28 heavy (non-hydrogen) atoms. The Morgan fingerprint density at radius 3 is 2.43 bits per heavy atom. The zero-order valence-electron chi connectivity index (χ0n) is 16.0. The highest BCUT2D eigenvalue weighted by Gasteiger charge is 2.16. The molecule has 1 heterocycles. The van der Waals surface area contributed by atoms with E-state index in [9.17, 15) is 4.79 Å². The van der Waals surface area contributed by atoms with Gasteiger partial charge in [-0.2, -0.15) is 5.26 Å². The molecule has 1 aliphatic rings. The van der Waals surface area contributed by atoms with Gasteiger partial charge in [-0.15, -0.1) is 0 Å². The van der Waals surface area contributed by atoms with Crippen molar-refractivity contribution >= 4 is 11.6 Å². The number of carbonyl (C=O) groups is 1. The second kappa shape index (κ2) is 10.3. The van der Waals surface area contributed by atoms with E-state index in [2.05, 4.69) is 45.5 Å². The maximum Gasteiger partial charge on any atom is 0.257 e. The first-order chi connectivity index (χ1) is 13.7. The molecule has 0 aromatic heterocycles. The predicted octanol–water partition coefficient (Wildman–Crippen LogP) is 2.07. The van der Waals surface area contributed by atoms with Gasteiger partial charge in [0.25, 0.3) is 5.91 Å². The summed E-state index contributed by atoms with van der Waals surface area (Å²) in [6, 6.07) is 19.8. The van der Waals surface area contributed by atoms with Gasteiger partial charge in [0.05, 0.1) is 12.5 Å². The van der Waals surface area contributed by atoms with Crippen LogP contribution in [0.4, 0.5) is 5.69 Å². The third-order valence-electron chi connectivity index (χ3n) is 4.82. The molecular formula is C22H26N4O2. The largest absolute Gasteiger partial charge is 0.484 e. The average molecular weight is 378 g/mol. The van der Waals surface area contributed by atoms with Gasteiger partial charge in [0, 0.05) is 45.0 Å². The standard InChI is InChI=1S/C22H26N4O2/c23-11-10-19-6-8-21(9-7-19)28-18-22(27)24-12-13-25-14-16-26(17-15-25)20-4-2-1-3-5-20/h1-9H,10,12-18H2,(H,24,27). The third-order valence-corrected chi connectivity index (χ3v) is 4.82. The second-order valence-electron chi connectivity index (χ2n) is 6.78. The van der Waals surface area contributed by atoms with Crippen molar-refractivity contribution in [2.45, 2.75) is 6.42 Å². The Labute approximate surface area is 166 Å². The minimum atomic E-state index is -0.121. The fourth-order valence-electron chi connectivity index (χ4n) is 3.22. The molecule has 1 N–H and O–H groups in total. The zero-order chi connectivity index (χ0) is 19.6. The summed E-state index contributed by atoms with van der Waals surface area (Å²) in [6.07, 6.45) is 0.375. The van der Waals surface area contributed by atoms with Gasteiger partial charge in [0.15, 0.2) is 6.61 Å². The number of ether oxygens (including phenoxy) is 1. The van der Waals surface area contributed by atoms with E-state index in [1.165, 1.54) is 5.69 Å². The van der Waals surface area contributed by atoms with Gasteiger partial charge in [0.1, 0.15) is 5.75 Å². The molecule has 146 valence electrons. The smallest absolute Gasteiger partial charge is 0.257 e. The van der Waals surface area contributed by atoms with E-state index in [-0.39, 0.29) is 12.5 Å². The SMILES string of the molecule is N#CCc1ccc(OCC(=O)NCCN2CCN(c3ccccc3)CC2)cc1. The minimum absolute atomic E-state index is 0.000613. The summed E-state index contributed by atoms with van der Waals surface area (Å²) >= 11 is 0. The maximum atomic E-state index is 12.0. The lowest BCUT2D eigenvalue weighted by Crippen LogP contribution is -2.48. The highest BCUT2D eigenvalue weighted by atomic mass is 16.5. The molecule has 0 radical (unpaired) electrons. The number of nitrogens with one attached hydrogen (secondary N) is 1. The average Bonchev–Trinajstić information content (AvgIpc) is 2.75. The minimum Gasteiger partial charge on any atom is -0.484 e. The molecule has 3 rings (SSSR count). The Hall–Kier alpha value is -3.04. The molecule has 2 aromatic rings. The van der Waals surface area contributed by atoms with E-state index >= 15 is 0 Å². The Kier molecular flexibility index (Phi) is 7.28. The van der Waals surface area contributed by atoms with Gasteiger partial charge in [-0.3, -0.25) is 9.69 Å². The number of rotatable bonds is 8. The maximum absolute atomic E-state index is 12.0. The molecule has 0 saturated carbocycles. The van der Waals surface area contributed by atoms with Crippen molar-refractivity contribution in [1.82, 2.24) is 10.2 Å². The van der Waals surface area contributed by atoms with Crippen LogP contribution >= 0.6 is 0 Å². The zero-order valence-corrected chi connectivity index (χ0v) is 16.0. The van der Waals surface area contributed by atoms with Crippen LogP contribution in [0.25, 0.3) is 0 Å². The van der Waals surface area contributed by atoms with E-state index in [0.717, 1.165) is 38.3 Å². The van der Waals surface area contributed by atoms with Gasteiger partial charge in [-0.05, 0) is 29.8 Å².